The van der Waals surface area contributed by atoms with Crippen LogP contribution in [0.2, 0.25) is 5.02 Å². The second kappa shape index (κ2) is 17.4. The minimum Gasteiger partial charge on any atom is -0.497 e. The van der Waals surface area contributed by atoms with Crippen molar-refractivity contribution >= 4 is 34.6 Å². The van der Waals surface area contributed by atoms with Gasteiger partial charge in [0.1, 0.15) is 5.75 Å². The van der Waals surface area contributed by atoms with E-state index < -0.39 is 0 Å². The number of ether oxygens (including phenoxy) is 2. The molecule has 5 N–H and O–H groups in total. The third-order valence-corrected chi connectivity index (χ3v) is 6.33. The Morgan fingerprint density at radius 3 is 2.31 bits per heavy atom. The minimum atomic E-state index is 0.249. The number of aliphatic imine (C=N–C) groups is 1. The van der Waals surface area contributed by atoms with Crippen molar-refractivity contribution in [1.29, 1.82) is 0 Å². The molecule has 0 radical (unpaired) electrons. The van der Waals surface area contributed by atoms with E-state index in [2.05, 4.69) is 15.2 Å². The summed E-state index contributed by atoms with van der Waals surface area (Å²) in [4.78, 5) is 6.88. The van der Waals surface area contributed by atoms with E-state index >= 15 is 0 Å². The Bertz CT molecular complexity index is 1160. The Hall–Kier alpha value is -3.26. The summed E-state index contributed by atoms with van der Waals surface area (Å²) in [7, 11) is 1.62. The van der Waals surface area contributed by atoms with Crippen LogP contribution in [0.4, 0.5) is 17.1 Å². The molecule has 0 aromatic heterocycles. The molecule has 1 aliphatic rings. The molecule has 39 heavy (non-hydrogen) atoms. The maximum Gasteiger partial charge on any atom is 0.198 e. The zero-order chi connectivity index (χ0) is 28.6. The van der Waals surface area contributed by atoms with Gasteiger partial charge >= 0.3 is 0 Å². The lowest BCUT2D eigenvalue weighted by molar-refractivity contribution is 0.0992. The highest BCUT2D eigenvalue weighted by Crippen LogP contribution is 2.35. The van der Waals surface area contributed by atoms with E-state index in [9.17, 15) is 0 Å². The molecule has 1 fully saturated rings. The van der Waals surface area contributed by atoms with Gasteiger partial charge < -0.3 is 31.2 Å². The van der Waals surface area contributed by atoms with Gasteiger partial charge in [-0.25, -0.2) is 4.99 Å². The summed E-state index contributed by atoms with van der Waals surface area (Å²) in [6.45, 7) is 12.7. The first kappa shape index (κ1) is 32.0. The van der Waals surface area contributed by atoms with Crippen LogP contribution in [-0.4, -0.2) is 44.2 Å². The summed E-state index contributed by atoms with van der Waals surface area (Å²) in [5.74, 6) is 0.969. The molecule has 4 rings (SSSR count). The highest BCUT2D eigenvalue weighted by Gasteiger charge is 2.11. The number of nitrogens with one attached hydrogen (secondary N) is 1. The summed E-state index contributed by atoms with van der Waals surface area (Å²) >= 11 is 6.36. The SMILES string of the molecule is CC.CC.COc1ccc(Cl)c(-c2ccc(N=C(N)Nc3ccc(COCCN4CCCC4)cc3)c(N)c2)c1. The van der Waals surface area contributed by atoms with Crippen LogP contribution in [0.15, 0.2) is 65.7 Å². The van der Waals surface area contributed by atoms with Crippen LogP contribution >= 0.6 is 11.6 Å². The molecule has 8 heteroatoms. The summed E-state index contributed by atoms with van der Waals surface area (Å²) in [5, 5.41) is 3.72. The molecule has 0 aliphatic carbocycles. The van der Waals surface area contributed by atoms with Gasteiger partial charge in [0, 0.05) is 22.8 Å². The van der Waals surface area contributed by atoms with Crippen molar-refractivity contribution in [1.82, 2.24) is 4.90 Å². The Morgan fingerprint density at radius 1 is 0.974 bits per heavy atom. The average Bonchev–Trinajstić information content (AvgIpc) is 3.49. The maximum atomic E-state index is 6.36. The zero-order valence-electron chi connectivity index (χ0n) is 24.0. The number of nitrogens with two attached hydrogens (primary N) is 2. The Morgan fingerprint density at radius 2 is 1.67 bits per heavy atom. The summed E-state index contributed by atoms with van der Waals surface area (Å²) in [6, 6.07) is 19.0. The van der Waals surface area contributed by atoms with Gasteiger partial charge in [-0.1, -0.05) is 57.5 Å². The van der Waals surface area contributed by atoms with Crippen molar-refractivity contribution in [2.45, 2.75) is 47.1 Å². The smallest absolute Gasteiger partial charge is 0.198 e. The number of methoxy groups -OCH3 is 1. The number of hydrogen-bond acceptors (Lipinski definition) is 5. The highest BCUT2D eigenvalue weighted by atomic mass is 35.5. The molecule has 1 aliphatic heterocycles. The van der Waals surface area contributed by atoms with E-state index in [0.29, 0.717) is 23.0 Å². The molecule has 0 bridgehead atoms. The molecule has 3 aromatic carbocycles. The Balaban J connectivity index is 0.00000127. The van der Waals surface area contributed by atoms with Crippen molar-refractivity contribution in [2.75, 3.05) is 44.4 Å². The number of likely N-dealkylation sites (tertiary alicyclic amines) is 1. The maximum absolute atomic E-state index is 6.36. The number of guanidine groups is 1. The molecule has 0 saturated carbocycles. The van der Waals surface area contributed by atoms with Crippen LogP contribution < -0.4 is 21.5 Å². The first-order chi connectivity index (χ1) is 19.0. The molecule has 1 heterocycles. The number of nitrogen functional groups attached to an aromatic ring is 1. The van der Waals surface area contributed by atoms with Crippen molar-refractivity contribution < 1.29 is 9.47 Å². The molecule has 0 atom stereocenters. The van der Waals surface area contributed by atoms with E-state index in [0.717, 1.165) is 41.3 Å². The standard InChI is InChI=1S/C27H32ClN5O2.2C2H6/c1-34-22-9-10-24(28)23(17-22)20-6-11-26(25(29)16-20)32-27(30)31-21-7-4-19(5-8-21)18-35-15-14-33-12-2-3-13-33;2*1-2/h4-11,16-17H,2-3,12-15,18,29H2,1H3,(H3,30,31,32);2*1-2H3. The molecule has 7 nitrogen and oxygen atoms in total. The Kier molecular flexibility index (Phi) is 14.2. The molecular formula is C31H44ClN5O2. The second-order valence-corrected chi connectivity index (χ2v) is 8.95. The van der Waals surface area contributed by atoms with Crippen molar-refractivity contribution in [3.63, 3.8) is 0 Å². The van der Waals surface area contributed by atoms with Crippen molar-refractivity contribution in [2.24, 2.45) is 10.7 Å². The molecule has 0 spiro atoms. The number of nitrogens with zero attached hydrogens (tertiary/aromatic N) is 2. The monoisotopic (exact) mass is 553 g/mol. The van der Waals surface area contributed by atoms with Gasteiger partial charge in [-0.3, -0.25) is 0 Å². The van der Waals surface area contributed by atoms with Gasteiger partial charge in [0.2, 0.25) is 0 Å². The third kappa shape index (κ3) is 10.1. The van der Waals surface area contributed by atoms with Crippen LogP contribution in [0.5, 0.6) is 5.75 Å². The lowest BCUT2D eigenvalue weighted by atomic mass is 10.0. The van der Waals surface area contributed by atoms with E-state index in [-0.39, 0.29) is 5.96 Å². The predicted molar refractivity (Wildman–Crippen MR) is 167 cm³/mol. The van der Waals surface area contributed by atoms with Gasteiger partial charge in [0.05, 0.1) is 31.7 Å². The number of hydrogen-bond donors (Lipinski definition) is 3. The molecule has 3 aromatic rings. The minimum absolute atomic E-state index is 0.249. The second-order valence-electron chi connectivity index (χ2n) is 8.54. The fourth-order valence-corrected chi connectivity index (χ4v) is 4.28. The molecule has 0 unspecified atom stereocenters. The normalized spacial score (nSPS) is 13.1. The first-order valence-corrected chi connectivity index (χ1v) is 14.1. The van der Waals surface area contributed by atoms with Crippen LogP contribution in [0, 0.1) is 0 Å². The zero-order valence-corrected chi connectivity index (χ0v) is 24.7. The fraction of sp³-hybridized carbons (Fsp3) is 0.387. The van der Waals surface area contributed by atoms with Gasteiger partial charge in [-0.2, -0.15) is 0 Å². The first-order valence-electron chi connectivity index (χ1n) is 13.8. The number of anilines is 2. The number of rotatable bonds is 9. The van der Waals surface area contributed by atoms with Crippen molar-refractivity contribution in [3.8, 4) is 16.9 Å². The summed E-state index contributed by atoms with van der Waals surface area (Å²) in [6.07, 6.45) is 2.61. The summed E-state index contributed by atoms with van der Waals surface area (Å²) in [5.41, 5.74) is 17.1. The highest BCUT2D eigenvalue weighted by molar-refractivity contribution is 6.33. The van der Waals surface area contributed by atoms with Crippen molar-refractivity contribution in [3.05, 3.63) is 71.2 Å². The van der Waals surface area contributed by atoms with E-state index in [1.54, 1.807) is 13.2 Å². The van der Waals surface area contributed by atoms with E-state index in [4.69, 9.17) is 32.5 Å². The molecule has 1 saturated heterocycles. The van der Waals surface area contributed by atoms with Gasteiger partial charge in [0.25, 0.3) is 0 Å². The average molecular weight is 554 g/mol. The van der Waals surface area contributed by atoms with E-state index in [1.807, 2.05) is 82.3 Å². The molecular weight excluding hydrogens is 510 g/mol. The topological polar surface area (TPSA) is 98.1 Å². The Labute approximate surface area is 239 Å². The van der Waals surface area contributed by atoms with E-state index in [1.165, 1.54) is 25.9 Å². The van der Waals surface area contributed by atoms with Crippen LogP contribution in [-0.2, 0) is 11.3 Å². The number of benzene rings is 3. The summed E-state index contributed by atoms with van der Waals surface area (Å²) < 4.78 is 11.1. The van der Waals surface area contributed by atoms with Crippen LogP contribution in [0.1, 0.15) is 46.1 Å². The quantitative estimate of drug-likeness (QED) is 0.111. The van der Waals surface area contributed by atoms with Gasteiger partial charge in [-0.05, 0) is 79.5 Å². The predicted octanol–water partition coefficient (Wildman–Crippen LogP) is 7.32. The molecule has 212 valence electrons. The fourth-order valence-electron chi connectivity index (χ4n) is 4.06. The third-order valence-electron chi connectivity index (χ3n) is 6.00. The molecule has 0 amide bonds. The number of halogens is 1. The van der Waals surface area contributed by atoms with Gasteiger partial charge in [-0.15, -0.1) is 0 Å². The van der Waals surface area contributed by atoms with Gasteiger partial charge in [0.15, 0.2) is 5.96 Å². The lowest BCUT2D eigenvalue weighted by Crippen LogP contribution is -2.23. The lowest BCUT2D eigenvalue weighted by Gasteiger charge is -2.14. The largest absolute Gasteiger partial charge is 0.497 e. The van der Waals surface area contributed by atoms with Crippen LogP contribution in [0.25, 0.3) is 11.1 Å². The van der Waals surface area contributed by atoms with Crippen LogP contribution in [0.3, 0.4) is 0 Å².